The zero-order valence-corrected chi connectivity index (χ0v) is 24.0. The molecule has 0 aliphatic rings. The molecule has 0 radical (unpaired) electrons. The van der Waals surface area contributed by atoms with Crippen LogP contribution < -0.4 is 23.9 Å². The van der Waals surface area contributed by atoms with Crippen LogP contribution in [0.25, 0.3) is 0 Å². The molecule has 0 heterocycles. The van der Waals surface area contributed by atoms with Gasteiger partial charge in [-0.05, 0) is 67.1 Å². The number of carbonyl (C=O) groups excluding carboxylic acids is 1. The van der Waals surface area contributed by atoms with Crippen molar-refractivity contribution in [3.05, 3.63) is 114 Å². The van der Waals surface area contributed by atoms with Crippen LogP contribution >= 0.6 is 0 Å². The Kier molecular flexibility index (Phi) is 9.26. The lowest BCUT2D eigenvalue weighted by atomic mass is 10.1. The van der Waals surface area contributed by atoms with Crippen LogP contribution in [-0.4, -0.2) is 41.4 Å². The monoisotopic (exact) mass is 573 g/mol. The van der Waals surface area contributed by atoms with Gasteiger partial charge in [0.15, 0.2) is 11.5 Å². The van der Waals surface area contributed by atoms with Gasteiger partial charge in [-0.2, -0.15) is 5.10 Å². The van der Waals surface area contributed by atoms with Crippen molar-refractivity contribution in [2.45, 2.75) is 18.4 Å². The van der Waals surface area contributed by atoms with Gasteiger partial charge in [0.2, 0.25) is 0 Å². The second-order valence-electron chi connectivity index (χ2n) is 8.90. The Bertz CT molecular complexity index is 1640. The number of benzene rings is 4. The molecule has 0 saturated carbocycles. The number of ether oxygens (including phenoxy) is 3. The Balaban J connectivity index is 1.70. The molecule has 0 spiro atoms. The van der Waals surface area contributed by atoms with Crippen LogP contribution in [0.15, 0.2) is 107 Å². The van der Waals surface area contributed by atoms with Crippen LogP contribution in [0.3, 0.4) is 0 Å². The molecule has 4 aromatic rings. The fourth-order valence-electron chi connectivity index (χ4n) is 4.13. The normalized spacial score (nSPS) is 11.5. The van der Waals surface area contributed by atoms with E-state index >= 15 is 0 Å². The Morgan fingerprint density at radius 3 is 2.12 bits per heavy atom. The topological polar surface area (TPSA) is 107 Å². The second-order valence-corrected chi connectivity index (χ2v) is 10.8. The molecule has 0 aliphatic carbocycles. The molecule has 4 rings (SSSR count). The van der Waals surface area contributed by atoms with Crippen LogP contribution in [-0.2, 0) is 16.6 Å². The Hall–Kier alpha value is -4.83. The van der Waals surface area contributed by atoms with Gasteiger partial charge in [0.05, 0.1) is 49.7 Å². The van der Waals surface area contributed by atoms with Gasteiger partial charge >= 0.3 is 0 Å². The lowest BCUT2D eigenvalue weighted by Gasteiger charge is -2.26. The fraction of sp³-hybridized carbons (Fsp3) is 0.161. The number of para-hydroxylation sites is 1. The first-order chi connectivity index (χ1) is 19.8. The average Bonchev–Trinajstić information content (AvgIpc) is 3.02. The third kappa shape index (κ3) is 6.67. The van der Waals surface area contributed by atoms with E-state index in [1.807, 2.05) is 30.3 Å². The molecule has 0 bridgehead atoms. The summed E-state index contributed by atoms with van der Waals surface area (Å²) in [4.78, 5) is 13.5. The summed E-state index contributed by atoms with van der Waals surface area (Å²) >= 11 is 0. The van der Waals surface area contributed by atoms with E-state index in [0.29, 0.717) is 28.5 Å². The smallest absolute Gasteiger partial charge is 0.273 e. The molecule has 0 aliphatic heterocycles. The van der Waals surface area contributed by atoms with Gasteiger partial charge in [-0.15, -0.1) is 0 Å². The van der Waals surface area contributed by atoms with Gasteiger partial charge < -0.3 is 14.2 Å². The number of methoxy groups -OCH3 is 3. The highest BCUT2D eigenvalue weighted by Crippen LogP contribution is 2.31. The molecular formula is C31H31N3O6S. The largest absolute Gasteiger partial charge is 0.497 e. The molecule has 9 nitrogen and oxygen atoms in total. The number of hydrogen-bond acceptors (Lipinski definition) is 7. The summed E-state index contributed by atoms with van der Waals surface area (Å²) in [5.41, 5.74) is 4.90. The van der Waals surface area contributed by atoms with E-state index in [9.17, 15) is 13.2 Å². The fourth-order valence-corrected chi connectivity index (χ4v) is 5.60. The number of rotatable bonds is 11. The summed E-state index contributed by atoms with van der Waals surface area (Å²) in [6.45, 7) is 1.75. The summed E-state index contributed by atoms with van der Waals surface area (Å²) in [7, 11) is 0.507. The molecule has 1 N–H and O–H groups in total. The first kappa shape index (κ1) is 29.2. The van der Waals surface area contributed by atoms with Crippen molar-refractivity contribution in [2.75, 3.05) is 25.6 Å². The minimum absolute atomic E-state index is 0.00738. The number of amides is 1. The molecule has 0 aromatic heterocycles. The SMILES string of the molecule is COc1ccc(S(=O)(=O)N(Cc2ccccc2)c2ccccc2C(=O)N/N=C(/C)c2ccc(OC)c(OC)c2)cc1. The molecule has 0 unspecified atom stereocenters. The summed E-state index contributed by atoms with van der Waals surface area (Å²) in [5.74, 6) is 1.06. The van der Waals surface area contributed by atoms with Crippen LogP contribution in [0, 0.1) is 0 Å². The van der Waals surface area contributed by atoms with E-state index in [2.05, 4.69) is 10.5 Å². The predicted octanol–water partition coefficient (Wildman–Crippen LogP) is 5.26. The molecule has 41 heavy (non-hydrogen) atoms. The maximum Gasteiger partial charge on any atom is 0.273 e. The molecule has 0 fully saturated rings. The van der Waals surface area contributed by atoms with Crippen LogP contribution in [0.1, 0.15) is 28.4 Å². The first-order valence-corrected chi connectivity index (χ1v) is 14.1. The predicted molar refractivity (Wildman–Crippen MR) is 158 cm³/mol. The highest BCUT2D eigenvalue weighted by atomic mass is 32.2. The molecule has 10 heteroatoms. The third-order valence-electron chi connectivity index (χ3n) is 6.36. The molecular weight excluding hydrogens is 542 g/mol. The summed E-state index contributed by atoms with van der Waals surface area (Å²) in [6, 6.07) is 27.1. The number of carbonyl (C=O) groups is 1. The summed E-state index contributed by atoms with van der Waals surface area (Å²) in [6.07, 6.45) is 0. The minimum atomic E-state index is -4.09. The summed E-state index contributed by atoms with van der Waals surface area (Å²) in [5, 5.41) is 4.26. The van der Waals surface area contributed by atoms with E-state index in [-0.39, 0.29) is 22.7 Å². The molecule has 4 aromatic carbocycles. The maximum atomic E-state index is 14.0. The standard InChI is InChI=1S/C31H31N3O6S/c1-22(24-14-19-29(39-3)30(20-24)40-4)32-33-31(35)27-12-8-9-13-28(27)34(21-23-10-6-5-7-11-23)41(36,37)26-17-15-25(38-2)16-18-26/h5-20H,21H2,1-4H3,(H,33,35)/b32-22-. The van der Waals surface area contributed by atoms with E-state index in [4.69, 9.17) is 14.2 Å². The summed E-state index contributed by atoms with van der Waals surface area (Å²) < 4.78 is 45.0. The third-order valence-corrected chi connectivity index (χ3v) is 8.13. The van der Waals surface area contributed by atoms with Crippen LogP contribution in [0.5, 0.6) is 17.2 Å². The van der Waals surface area contributed by atoms with Crippen molar-refractivity contribution in [3.63, 3.8) is 0 Å². The van der Waals surface area contributed by atoms with Crippen molar-refractivity contribution in [1.82, 2.24) is 5.43 Å². The van der Waals surface area contributed by atoms with Gasteiger partial charge in [-0.25, -0.2) is 13.8 Å². The highest BCUT2D eigenvalue weighted by molar-refractivity contribution is 7.92. The van der Waals surface area contributed by atoms with E-state index in [1.165, 1.54) is 30.7 Å². The first-order valence-electron chi connectivity index (χ1n) is 12.6. The second kappa shape index (κ2) is 13.0. The molecule has 212 valence electrons. The van der Waals surface area contributed by atoms with E-state index < -0.39 is 15.9 Å². The molecule has 0 saturated heterocycles. The Labute approximate surface area is 240 Å². The zero-order chi connectivity index (χ0) is 29.4. The van der Waals surface area contributed by atoms with E-state index in [0.717, 1.165) is 5.56 Å². The van der Waals surface area contributed by atoms with Crippen molar-refractivity contribution < 1.29 is 27.4 Å². The van der Waals surface area contributed by atoms with Crippen molar-refractivity contribution in [1.29, 1.82) is 0 Å². The molecule has 0 atom stereocenters. The van der Waals surface area contributed by atoms with Gasteiger partial charge in [0.25, 0.3) is 15.9 Å². The molecule has 1 amide bonds. The van der Waals surface area contributed by atoms with Gasteiger partial charge in [0, 0.05) is 5.56 Å². The zero-order valence-electron chi connectivity index (χ0n) is 23.2. The highest BCUT2D eigenvalue weighted by Gasteiger charge is 2.28. The number of anilines is 1. The Morgan fingerprint density at radius 2 is 1.46 bits per heavy atom. The van der Waals surface area contributed by atoms with Gasteiger partial charge in [0.1, 0.15) is 5.75 Å². The average molecular weight is 574 g/mol. The van der Waals surface area contributed by atoms with Crippen LogP contribution in [0.4, 0.5) is 5.69 Å². The van der Waals surface area contributed by atoms with Gasteiger partial charge in [-0.3, -0.25) is 9.10 Å². The Morgan fingerprint density at radius 1 is 0.805 bits per heavy atom. The number of sulfonamides is 1. The van der Waals surface area contributed by atoms with E-state index in [1.54, 1.807) is 68.6 Å². The quantitative estimate of drug-likeness (QED) is 0.194. The van der Waals surface area contributed by atoms with Crippen molar-refractivity contribution in [3.8, 4) is 17.2 Å². The minimum Gasteiger partial charge on any atom is -0.497 e. The maximum absolute atomic E-state index is 14.0. The van der Waals surface area contributed by atoms with Crippen molar-refractivity contribution in [2.24, 2.45) is 5.10 Å². The number of hydrogen-bond donors (Lipinski definition) is 1. The van der Waals surface area contributed by atoms with Crippen LogP contribution in [0.2, 0.25) is 0 Å². The lowest BCUT2D eigenvalue weighted by Crippen LogP contribution is -2.33. The number of nitrogens with one attached hydrogen (secondary N) is 1. The number of hydrazone groups is 1. The number of nitrogens with zero attached hydrogens (tertiary/aromatic N) is 2. The van der Waals surface area contributed by atoms with Crippen molar-refractivity contribution >= 4 is 27.3 Å². The lowest BCUT2D eigenvalue weighted by molar-refractivity contribution is 0.0955. The van der Waals surface area contributed by atoms with Gasteiger partial charge in [-0.1, -0.05) is 42.5 Å².